The number of halogens is 1. The van der Waals surface area contributed by atoms with Crippen LogP contribution in [0.1, 0.15) is 24.4 Å². The Balaban J connectivity index is 2.47. The van der Waals surface area contributed by atoms with E-state index in [4.69, 9.17) is 4.52 Å². The molecule has 2 aromatic rings. The molecular formula is C11H11BrN2O2. The molecule has 0 aliphatic rings. The van der Waals surface area contributed by atoms with Gasteiger partial charge in [-0.1, -0.05) is 17.3 Å². The van der Waals surface area contributed by atoms with E-state index in [9.17, 15) is 5.11 Å². The highest BCUT2D eigenvalue weighted by molar-refractivity contribution is 9.10. The Morgan fingerprint density at radius 1 is 1.44 bits per heavy atom. The average molecular weight is 283 g/mol. The van der Waals surface area contributed by atoms with Gasteiger partial charge in [0.25, 0.3) is 5.89 Å². The van der Waals surface area contributed by atoms with Gasteiger partial charge in [0.05, 0.1) is 5.56 Å². The third kappa shape index (κ3) is 2.01. The molecule has 0 aliphatic carbocycles. The van der Waals surface area contributed by atoms with Gasteiger partial charge in [-0.25, -0.2) is 0 Å². The zero-order chi connectivity index (χ0) is 11.7. The van der Waals surface area contributed by atoms with Crippen LogP contribution in [-0.2, 0) is 0 Å². The van der Waals surface area contributed by atoms with Gasteiger partial charge < -0.3 is 9.63 Å². The summed E-state index contributed by atoms with van der Waals surface area (Å²) in [5.74, 6) is 0.704. The smallest absolute Gasteiger partial charge is 0.259 e. The van der Waals surface area contributed by atoms with Crippen LogP contribution in [-0.4, -0.2) is 15.2 Å². The molecule has 0 saturated heterocycles. The number of rotatable bonds is 2. The van der Waals surface area contributed by atoms with Crippen LogP contribution in [0.15, 0.2) is 27.2 Å². The zero-order valence-electron chi connectivity index (χ0n) is 8.94. The molecule has 16 heavy (non-hydrogen) atoms. The van der Waals surface area contributed by atoms with Crippen LogP contribution in [0.4, 0.5) is 0 Å². The second-order valence-corrected chi connectivity index (χ2v) is 4.36. The van der Waals surface area contributed by atoms with Gasteiger partial charge in [0.1, 0.15) is 6.10 Å². The number of nitrogens with zero attached hydrogens (tertiary/aromatic N) is 2. The number of benzene rings is 1. The Bertz CT molecular complexity index is 508. The topological polar surface area (TPSA) is 59.2 Å². The number of aliphatic hydroxyl groups is 1. The molecular weight excluding hydrogens is 272 g/mol. The highest BCUT2D eigenvalue weighted by Gasteiger charge is 2.15. The van der Waals surface area contributed by atoms with E-state index in [1.165, 1.54) is 0 Å². The molecule has 1 N–H and O–H groups in total. The van der Waals surface area contributed by atoms with Crippen molar-refractivity contribution in [1.82, 2.24) is 10.1 Å². The fourth-order valence-corrected chi connectivity index (χ4v) is 1.76. The van der Waals surface area contributed by atoms with Crippen LogP contribution in [0.25, 0.3) is 11.5 Å². The first-order valence-electron chi connectivity index (χ1n) is 4.86. The van der Waals surface area contributed by atoms with Crippen molar-refractivity contribution in [1.29, 1.82) is 0 Å². The summed E-state index contributed by atoms with van der Waals surface area (Å²) >= 11 is 3.47. The molecule has 1 aromatic carbocycles. The maximum Gasteiger partial charge on any atom is 0.259 e. The van der Waals surface area contributed by atoms with Crippen LogP contribution in [0.5, 0.6) is 0 Å². The molecule has 1 atom stereocenters. The minimum Gasteiger partial charge on any atom is -0.385 e. The van der Waals surface area contributed by atoms with Crippen LogP contribution in [0, 0.1) is 6.92 Å². The molecule has 5 heteroatoms. The molecule has 0 bridgehead atoms. The quantitative estimate of drug-likeness (QED) is 0.920. The SMILES string of the molecule is Cc1cccc(-c2nc(C(C)O)no2)c1Br. The van der Waals surface area contributed by atoms with Gasteiger partial charge in [-0.2, -0.15) is 4.98 Å². The second-order valence-electron chi connectivity index (χ2n) is 3.57. The van der Waals surface area contributed by atoms with Crippen molar-refractivity contribution in [3.63, 3.8) is 0 Å². The van der Waals surface area contributed by atoms with E-state index in [1.807, 2.05) is 25.1 Å². The molecule has 0 radical (unpaired) electrons. The van der Waals surface area contributed by atoms with Crippen molar-refractivity contribution in [3.8, 4) is 11.5 Å². The van der Waals surface area contributed by atoms with Crippen LogP contribution in [0.3, 0.4) is 0 Å². The predicted octanol–water partition coefficient (Wildman–Crippen LogP) is 2.86. The van der Waals surface area contributed by atoms with Crippen LogP contribution >= 0.6 is 15.9 Å². The first kappa shape index (κ1) is 11.3. The second kappa shape index (κ2) is 4.35. The number of aromatic nitrogens is 2. The molecule has 2 rings (SSSR count). The number of aryl methyl sites for hydroxylation is 1. The van der Waals surface area contributed by atoms with Crippen molar-refractivity contribution in [3.05, 3.63) is 34.1 Å². The average Bonchev–Trinajstić information content (AvgIpc) is 2.71. The Kier molecular flexibility index (Phi) is 3.07. The molecule has 0 fully saturated rings. The highest BCUT2D eigenvalue weighted by atomic mass is 79.9. The van der Waals surface area contributed by atoms with Crippen molar-refractivity contribution in [2.45, 2.75) is 20.0 Å². The molecule has 0 aliphatic heterocycles. The number of hydrogen-bond donors (Lipinski definition) is 1. The summed E-state index contributed by atoms with van der Waals surface area (Å²) in [6.07, 6.45) is -0.721. The molecule has 1 aromatic heterocycles. The first-order valence-corrected chi connectivity index (χ1v) is 5.66. The summed E-state index contributed by atoms with van der Waals surface area (Å²) in [7, 11) is 0. The zero-order valence-corrected chi connectivity index (χ0v) is 10.5. The van der Waals surface area contributed by atoms with Crippen LogP contribution < -0.4 is 0 Å². The summed E-state index contributed by atoms with van der Waals surface area (Å²) < 4.78 is 6.02. The van der Waals surface area contributed by atoms with E-state index in [0.717, 1.165) is 15.6 Å². The maximum absolute atomic E-state index is 9.31. The largest absolute Gasteiger partial charge is 0.385 e. The summed E-state index contributed by atoms with van der Waals surface area (Å²) in [6, 6.07) is 5.79. The third-order valence-corrected chi connectivity index (χ3v) is 3.29. The van der Waals surface area contributed by atoms with Crippen molar-refractivity contribution < 1.29 is 9.63 Å². The van der Waals surface area contributed by atoms with Gasteiger partial charge in [-0.3, -0.25) is 0 Å². The van der Waals surface area contributed by atoms with Crippen molar-refractivity contribution in [2.24, 2.45) is 0 Å². The lowest BCUT2D eigenvalue weighted by molar-refractivity contribution is 0.184. The number of hydrogen-bond acceptors (Lipinski definition) is 4. The Morgan fingerprint density at radius 2 is 2.19 bits per heavy atom. The van der Waals surface area contributed by atoms with Gasteiger partial charge in [-0.15, -0.1) is 0 Å². The van der Waals surface area contributed by atoms with Crippen molar-refractivity contribution in [2.75, 3.05) is 0 Å². The van der Waals surface area contributed by atoms with Gasteiger partial charge in [0, 0.05) is 4.47 Å². The van der Waals surface area contributed by atoms with E-state index < -0.39 is 6.10 Å². The normalized spacial score (nSPS) is 12.8. The summed E-state index contributed by atoms with van der Waals surface area (Å²) in [4.78, 5) is 4.12. The number of aliphatic hydroxyl groups excluding tert-OH is 1. The third-order valence-electron chi connectivity index (χ3n) is 2.24. The van der Waals surface area contributed by atoms with Gasteiger partial charge in [-0.05, 0) is 41.4 Å². The van der Waals surface area contributed by atoms with E-state index >= 15 is 0 Å². The highest BCUT2D eigenvalue weighted by Crippen LogP contribution is 2.29. The minimum atomic E-state index is -0.721. The summed E-state index contributed by atoms with van der Waals surface area (Å²) in [6.45, 7) is 3.58. The Morgan fingerprint density at radius 3 is 2.81 bits per heavy atom. The Hall–Kier alpha value is -1.20. The Labute approximate surface area is 101 Å². The lowest BCUT2D eigenvalue weighted by Crippen LogP contribution is -1.93. The van der Waals surface area contributed by atoms with Crippen molar-refractivity contribution >= 4 is 15.9 Å². The summed E-state index contributed by atoms with van der Waals surface area (Å²) in [5.41, 5.74) is 1.92. The molecule has 0 amide bonds. The fourth-order valence-electron chi connectivity index (χ4n) is 1.33. The molecule has 1 unspecified atom stereocenters. The molecule has 1 heterocycles. The molecule has 84 valence electrons. The van der Waals surface area contributed by atoms with E-state index in [1.54, 1.807) is 6.92 Å². The standard InChI is InChI=1S/C11H11BrN2O2/c1-6-4-3-5-8(9(6)12)11-13-10(7(2)15)14-16-11/h3-5,7,15H,1-2H3. The van der Waals surface area contributed by atoms with E-state index in [-0.39, 0.29) is 0 Å². The summed E-state index contributed by atoms with van der Waals surface area (Å²) in [5, 5.41) is 13.0. The van der Waals surface area contributed by atoms with Gasteiger partial charge in [0.15, 0.2) is 5.82 Å². The van der Waals surface area contributed by atoms with E-state index in [2.05, 4.69) is 26.1 Å². The minimum absolute atomic E-state index is 0.295. The van der Waals surface area contributed by atoms with Gasteiger partial charge in [0.2, 0.25) is 0 Å². The lowest BCUT2D eigenvalue weighted by Gasteiger charge is -2.01. The molecule has 0 saturated carbocycles. The van der Waals surface area contributed by atoms with Crippen LogP contribution in [0.2, 0.25) is 0 Å². The van der Waals surface area contributed by atoms with E-state index in [0.29, 0.717) is 11.7 Å². The first-order chi connectivity index (χ1) is 7.59. The predicted molar refractivity (Wildman–Crippen MR) is 62.8 cm³/mol. The van der Waals surface area contributed by atoms with Gasteiger partial charge >= 0.3 is 0 Å². The monoisotopic (exact) mass is 282 g/mol. The fraction of sp³-hybridized carbons (Fsp3) is 0.273. The maximum atomic E-state index is 9.31. The molecule has 4 nitrogen and oxygen atoms in total. The molecule has 0 spiro atoms. The lowest BCUT2D eigenvalue weighted by atomic mass is 10.1.